The first-order valence-corrected chi connectivity index (χ1v) is 8.77. The van der Waals surface area contributed by atoms with Crippen LogP contribution in [0.1, 0.15) is 10.4 Å². The van der Waals surface area contributed by atoms with Crippen molar-refractivity contribution in [1.29, 1.82) is 0 Å². The van der Waals surface area contributed by atoms with E-state index in [1.54, 1.807) is 22.9 Å². The van der Waals surface area contributed by atoms with Crippen molar-refractivity contribution in [3.63, 3.8) is 0 Å². The predicted molar refractivity (Wildman–Crippen MR) is 97.3 cm³/mol. The van der Waals surface area contributed by atoms with E-state index in [0.717, 1.165) is 5.39 Å². The normalized spacial score (nSPS) is 20.1. The Hall–Kier alpha value is -3.16. The molecule has 8 nitrogen and oxygen atoms in total. The molecule has 0 aliphatic carbocycles. The highest BCUT2D eigenvalue weighted by Gasteiger charge is 2.42. The summed E-state index contributed by atoms with van der Waals surface area (Å²) in [7, 11) is 3.12. The quantitative estimate of drug-likeness (QED) is 0.765. The summed E-state index contributed by atoms with van der Waals surface area (Å²) >= 11 is 0. The van der Waals surface area contributed by atoms with Gasteiger partial charge in [-0.25, -0.2) is 4.98 Å². The third-order valence-corrected chi connectivity index (χ3v) is 5.15. The van der Waals surface area contributed by atoms with Crippen LogP contribution in [-0.4, -0.2) is 83.8 Å². The number of carbonyl (C=O) groups is 3. The Morgan fingerprint density at radius 1 is 1.22 bits per heavy atom. The zero-order valence-electron chi connectivity index (χ0n) is 15.2. The molecule has 2 saturated heterocycles. The molecule has 2 aromatic rings. The van der Waals surface area contributed by atoms with Gasteiger partial charge in [0.2, 0.25) is 17.7 Å². The highest BCUT2D eigenvalue weighted by Crippen LogP contribution is 2.25. The Labute approximate surface area is 156 Å². The van der Waals surface area contributed by atoms with Crippen LogP contribution in [0.15, 0.2) is 30.3 Å². The second-order valence-corrected chi connectivity index (χ2v) is 6.78. The summed E-state index contributed by atoms with van der Waals surface area (Å²) in [6.07, 6.45) is 0. The molecular weight excluding hydrogens is 348 g/mol. The van der Waals surface area contributed by atoms with Crippen LogP contribution in [-0.2, 0) is 9.59 Å². The van der Waals surface area contributed by atoms with Crippen molar-refractivity contribution in [3.8, 4) is 5.88 Å². The maximum atomic E-state index is 13.2. The molecule has 0 bridgehead atoms. The third-order valence-electron chi connectivity index (χ3n) is 5.15. The zero-order chi connectivity index (χ0) is 19.1. The lowest BCUT2D eigenvalue weighted by atomic mass is 10.0. The third kappa shape index (κ3) is 2.87. The van der Waals surface area contributed by atoms with Gasteiger partial charge in [-0.3, -0.25) is 14.4 Å². The Balaban J connectivity index is 1.67. The van der Waals surface area contributed by atoms with Crippen molar-refractivity contribution < 1.29 is 19.1 Å². The highest BCUT2D eigenvalue weighted by molar-refractivity contribution is 6.07. The van der Waals surface area contributed by atoms with Crippen LogP contribution in [0, 0.1) is 0 Å². The topological polar surface area (TPSA) is 83.0 Å². The molecule has 0 saturated carbocycles. The lowest BCUT2D eigenvalue weighted by molar-refractivity contribution is -0.157. The van der Waals surface area contributed by atoms with Crippen molar-refractivity contribution >= 4 is 28.6 Å². The van der Waals surface area contributed by atoms with Gasteiger partial charge in [-0.2, -0.15) is 0 Å². The second kappa shape index (κ2) is 6.53. The van der Waals surface area contributed by atoms with E-state index in [1.165, 1.54) is 12.0 Å². The zero-order valence-corrected chi connectivity index (χ0v) is 15.2. The van der Waals surface area contributed by atoms with Gasteiger partial charge >= 0.3 is 0 Å². The van der Waals surface area contributed by atoms with Crippen molar-refractivity contribution in [1.82, 2.24) is 19.7 Å². The number of para-hydroxylation sites is 1. The fourth-order valence-electron chi connectivity index (χ4n) is 3.71. The van der Waals surface area contributed by atoms with Crippen molar-refractivity contribution in [3.05, 3.63) is 35.9 Å². The Morgan fingerprint density at radius 2 is 2.00 bits per heavy atom. The van der Waals surface area contributed by atoms with E-state index >= 15 is 0 Å². The summed E-state index contributed by atoms with van der Waals surface area (Å²) in [5, 5.41) is 0.730. The Bertz CT molecular complexity index is 944. The van der Waals surface area contributed by atoms with E-state index in [-0.39, 0.29) is 30.8 Å². The van der Waals surface area contributed by atoms with Crippen LogP contribution in [0.4, 0.5) is 0 Å². The number of fused-ring (bicyclic) bond motifs is 2. The van der Waals surface area contributed by atoms with E-state index in [1.807, 2.05) is 24.3 Å². The van der Waals surface area contributed by atoms with Gasteiger partial charge in [0.05, 0.1) is 31.3 Å². The van der Waals surface area contributed by atoms with Crippen molar-refractivity contribution in [2.45, 2.75) is 6.04 Å². The minimum absolute atomic E-state index is 0.0785. The van der Waals surface area contributed by atoms with Gasteiger partial charge in [0.25, 0.3) is 5.91 Å². The van der Waals surface area contributed by atoms with Gasteiger partial charge in [0, 0.05) is 31.6 Å². The molecule has 0 radical (unpaired) electrons. The molecule has 140 valence electrons. The summed E-state index contributed by atoms with van der Waals surface area (Å²) in [5.74, 6) is -0.0474. The molecule has 27 heavy (non-hydrogen) atoms. The number of ether oxygens (including phenoxy) is 1. The number of carbonyl (C=O) groups excluding carboxylic acids is 3. The van der Waals surface area contributed by atoms with Crippen molar-refractivity contribution in [2.75, 3.05) is 40.3 Å². The lowest BCUT2D eigenvalue weighted by Gasteiger charge is -2.45. The maximum Gasteiger partial charge on any atom is 0.254 e. The molecule has 1 aromatic heterocycles. The summed E-state index contributed by atoms with van der Waals surface area (Å²) in [6.45, 7) is 1.02. The number of pyridine rings is 1. The number of nitrogens with zero attached hydrogens (tertiary/aromatic N) is 4. The fraction of sp³-hybridized carbons (Fsp3) is 0.368. The standard InChI is InChI=1S/C19H20N4O4/c1-21-11-17(24)23-8-7-22(10-15(23)19(21)26)18(25)13-9-16(27-2)20-14-6-4-3-5-12(13)14/h3-6,9,15H,7-8,10-11H2,1-2H3/t15-/m1/s1. The van der Waals surface area contributed by atoms with Gasteiger partial charge in [-0.05, 0) is 6.07 Å². The van der Waals surface area contributed by atoms with E-state index in [4.69, 9.17) is 4.74 Å². The summed E-state index contributed by atoms with van der Waals surface area (Å²) < 4.78 is 5.24. The molecule has 2 aliphatic rings. The Morgan fingerprint density at radius 3 is 2.78 bits per heavy atom. The number of likely N-dealkylation sites (N-methyl/N-ethyl adjacent to an activating group) is 1. The fourth-order valence-corrected chi connectivity index (χ4v) is 3.71. The van der Waals surface area contributed by atoms with Gasteiger partial charge in [-0.15, -0.1) is 0 Å². The van der Waals surface area contributed by atoms with Gasteiger partial charge in [-0.1, -0.05) is 18.2 Å². The predicted octanol–water partition coefficient (Wildman–Crippen LogP) is 0.368. The average molecular weight is 368 g/mol. The number of rotatable bonds is 2. The van der Waals surface area contributed by atoms with Crippen LogP contribution in [0.25, 0.3) is 10.9 Å². The molecule has 0 spiro atoms. The minimum atomic E-state index is -0.621. The first-order valence-electron chi connectivity index (χ1n) is 8.77. The SMILES string of the molecule is COc1cc(C(=O)N2CCN3C(=O)CN(C)C(=O)[C@H]3C2)c2ccccc2n1. The van der Waals surface area contributed by atoms with Gasteiger partial charge in [0.1, 0.15) is 6.04 Å². The number of methoxy groups -OCH3 is 1. The van der Waals surface area contributed by atoms with Crippen LogP contribution in [0.2, 0.25) is 0 Å². The molecule has 3 amide bonds. The molecule has 2 fully saturated rings. The smallest absolute Gasteiger partial charge is 0.254 e. The largest absolute Gasteiger partial charge is 0.481 e. The first-order chi connectivity index (χ1) is 13.0. The van der Waals surface area contributed by atoms with E-state index in [2.05, 4.69) is 4.98 Å². The molecule has 4 rings (SSSR count). The van der Waals surface area contributed by atoms with Gasteiger partial charge in [0.15, 0.2) is 0 Å². The number of hydrogen-bond acceptors (Lipinski definition) is 5. The monoisotopic (exact) mass is 368 g/mol. The van der Waals surface area contributed by atoms with E-state index in [9.17, 15) is 14.4 Å². The summed E-state index contributed by atoms with van der Waals surface area (Å²) in [6, 6.07) is 8.37. The number of amides is 3. The minimum Gasteiger partial charge on any atom is -0.481 e. The molecule has 2 aliphatic heterocycles. The average Bonchev–Trinajstić information content (AvgIpc) is 2.70. The number of hydrogen-bond donors (Lipinski definition) is 0. The molecule has 8 heteroatoms. The number of aromatic nitrogens is 1. The molecular formula is C19H20N4O4. The molecule has 3 heterocycles. The van der Waals surface area contributed by atoms with Crippen LogP contribution < -0.4 is 4.74 Å². The first kappa shape index (κ1) is 17.3. The van der Waals surface area contributed by atoms with Crippen LogP contribution >= 0.6 is 0 Å². The molecule has 0 unspecified atom stereocenters. The molecule has 1 atom stereocenters. The maximum absolute atomic E-state index is 13.2. The van der Waals surface area contributed by atoms with Crippen LogP contribution in [0.3, 0.4) is 0 Å². The van der Waals surface area contributed by atoms with E-state index in [0.29, 0.717) is 30.0 Å². The molecule has 1 aromatic carbocycles. The van der Waals surface area contributed by atoms with Crippen molar-refractivity contribution in [2.24, 2.45) is 0 Å². The highest BCUT2D eigenvalue weighted by atomic mass is 16.5. The molecule has 0 N–H and O–H groups in total. The number of piperazine rings is 2. The summed E-state index contributed by atoms with van der Waals surface area (Å²) in [4.78, 5) is 46.9. The second-order valence-electron chi connectivity index (χ2n) is 6.78. The van der Waals surface area contributed by atoms with Gasteiger partial charge < -0.3 is 19.4 Å². The van der Waals surface area contributed by atoms with E-state index < -0.39 is 6.04 Å². The number of benzene rings is 1. The Kier molecular flexibility index (Phi) is 4.18. The summed E-state index contributed by atoms with van der Waals surface area (Å²) in [5.41, 5.74) is 1.15. The van der Waals surface area contributed by atoms with Crippen LogP contribution in [0.5, 0.6) is 5.88 Å². The lowest BCUT2D eigenvalue weighted by Crippen LogP contribution is -2.66.